The van der Waals surface area contributed by atoms with Gasteiger partial charge in [-0.3, -0.25) is 43.9 Å². The standard InChI is InChI=1S/C39H40ClN9O8/c1-22(50)21-57-32-16-23-15-24(3-6-30(23)45(2)38(32)55)42-34-29(40)18-41-39(44-34)48-19-26(20-48)56-14-13-46-9-11-47(12-10-46)25-4-5-27-28(17-25)37(54)49(36(27)53)31-7-8-33(51)43-35(31)52/h3-6,15-18,26,31H,7-14,19-21H2,1-2H3,(H,41,42,44)(H,43,51,52). The van der Waals surface area contributed by atoms with Crippen molar-refractivity contribution in [3.63, 3.8) is 0 Å². The predicted octanol–water partition coefficient (Wildman–Crippen LogP) is 2.12. The molecule has 0 spiro atoms. The summed E-state index contributed by atoms with van der Waals surface area (Å²) in [5.41, 5.74) is 2.43. The Morgan fingerprint density at radius 3 is 2.49 bits per heavy atom. The quantitative estimate of drug-likeness (QED) is 0.199. The Morgan fingerprint density at radius 1 is 0.965 bits per heavy atom. The topological polar surface area (TPSA) is 189 Å². The Morgan fingerprint density at radius 2 is 1.74 bits per heavy atom. The molecule has 1 atom stereocenters. The second-order valence-electron chi connectivity index (χ2n) is 14.5. The first-order valence-electron chi connectivity index (χ1n) is 18.7. The number of carbonyl (C=O) groups excluding carboxylic acids is 5. The van der Waals surface area contributed by atoms with Crippen molar-refractivity contribution in [2.24, 2.45) is 7.05 Å². The van der Waals surface area contributed by atoms with E-state index in [2.05, 4.69) is 30.4 Å². The van der Waals surface area contributed by atoms with E-state index in [4.69, 9.17) is 21.1 Å². The van der Waals surface area contributed by atoms with E-state index in [0.717, 1.165) is 48.7 Å². The molecule has 1 unspecified atom stereocenters. The molecule has 4 aromatic rings. The molecule has 57 heavy (non-hydrogen) atoms. The number of pyridine rings is 1. The number of hydrogen-bond acceptors (Lipinski definition) is 14. The van der Waals surface area contributed by atoms with Crippen molar-refractivity contribution in [1.82, 2.24) is 29.7 Å². The zero-order valence-corrected chi connectivity index (χ0v) is 32.1. The largest absolute Gasteiger partial charge is 0.480 e. The molecule has 18 heteroatoms. The molecule has 3 saturated heterocycles. The summed E-state index contributed by atoms with van der Waals surface area (Å²) in [7, 11) is 1.65. The van der Waals surface area contributed by atoms with Gasteiger partial charge in [0, 0.05) is 76.0 Å². The van der Waals surface area contributed by atoms with Gasteiger partial charge in [-0.1, -0.05) is 11.6 Å². The lowest BCUT2D eigenvalue weighted by Gasteiger charge is -2.40. The molecule has 0 radical (unpaired) electrons. The number of aryl methyl sites for hydroxylation is 1. The maximum Gasteiger partial charge on any atom is 0.293 e. The molecule has 2 aromatic carbocycles. The molecule has 2 N–H and O–H groups in total. The number of amides is 4. The van der Waals surface area contributed by atoms with Gasteiger partial charge in [-0.15, -0.1) is 0 Å². The van der Waals surface area contributed by atoms with E-state index in [9.17, 15) is 28.8 Å². The summed E-state index contributed by atoms with van der Waals surface area (Å²) in [6.07, 6.45) is 1.77. The fourth-order valence-electron chi connectivity index (χ4n) is 7.49. The monoisotopic (exact) mass is 797 g/mol. The van der Waals surface area contributed by atoms with Crippen LogP contribution in [-0.2, 0) is 26.2 Å². The van der Waals surface area contributed by atoms with Gasteiger partial charge in [0.05, 0.1) is 35.6 Å². The first-order valence-corrected chi connectivity index (χ1v) is 19.1. The smallest absolute Gasteiger partial charge is 0.293 e. The predicted molar refractivity (Wildman–Crippen MR) is 209 cm³/mol. The Bertz CT molecular complexity index is 2370. The minimum absolute atomic E-state index is 0.0277. The summed E-state index contributed by atoms with van der Waals surface area (Å²) in [5, 5.41) is 6.55. The minimum Gasteiger partial charge on any atom is -0.480 e. The zero-order valence-electron chi connectivity index (χ0n) is 31.3. The molecule has 17 nitrogen and oxygen atoms in total. The fourth-order valence-corrected chi connectivity index (χ4v) is 7.63. The van der Waals surface area contributed by atoms with Gasteiger partial charge < -0.3 is 29.2 Å². The first kappa shape index (κ1) is 38.0. The summed E-state index contributed by atoms with van der Waals surface area (Å²) in [5.74, 6) is -1.21. The highest BCUT2D eigenvalue weighted by molar-refractivity contribution is 6.33. The van der Waals surface area contributed by atoms with E-state index in [0.29, 0.717) is 47.7 Å². The summed E-state index contributed by atoms with van der Waals surface area (Å²) in [6, 6.07) is 11.3. The van der Waals surface area contributed by atoms with Crippen LogP contribution in [0.4, 0.5) is 23.1 Å². The van der Waals surface area contributed by atoms with E-state index in [1.807, 2.05) is 29.2 Å². The number of benzene rings is 2. The second kappa shape index (κ2) is 15.6. The van der Waals surface area contributed by atoms with Gasteiger partial charge in [0.15, 0.2) is 17.4 Å². The number of ether oxygens (including phenoxy) is 2. The van der Waals surface area contributed by atoms with Gasteiger partial charge in [0.1, 0.15) is 17.7 Å². The molecular weight excluding hydrogens is 758 g/mol. The van der Waals surface area contributed by atoms with Crippen LogP contribution in [0.1, 0.15) is 40.5 Å². The Balaban J connectivity index is 0.800. The number of fused-ring (bicyclic) bond motifs is 2. The third-order valence-electron chi connectivity index (χ3n) is 10.7. The molecule has 0 aliphatic carbocycles. The summed E-state index contributed by atoms with van der Waals surface area (Å²) in [6.45, 7) is 6.84. The number of piperidine rings is 1. The SMILES string of the molecule is CC(=O)COc1cc2cc(Nc3nc(N4CC(OCCN5CCN(c6ccc7c(c6)C(=O)N(C6CCC(=O)NC6=O)C7=O)CC5)C4)ncc3Cl)ccc2n(C)c1=O. The Kier molecular flexibility index (Phi) is 10.4. The number of anilines is 4. The van der Waals surface area contributed by atoms with Crippen molar-refractivity contribution in [2.75, 3.05) is 74.1 Å². The summed E-state index contributed by atoms with van der Waals surface area (Å²) in [4.78, 5) is 91.0. The van der Waals surface area contributed by atoms with Crippen molar-refractivity contribution in [3.05, 3.63) is 75.2 Å². The van der Waals surface area contributed by atoms with Gasteiger partial charge in [-0.25, -0.2) is 4.98 Å². The van der Waals surface area contributed by atoms with Crippen LogP contribution >= 0.6 is 11.6 Å². The molecule has 0 bridgehead atoms. The highest BCUT2D eigenvalue weighted by Gasteiger charge is 2.45. The number of ketones is 1. The van der Waals surface area contributed by atoms with E-state index < -0.39 is 29.7 Å². The maximum absolute atomic E-state index is 13.3. The third kappa shape index (κ3) is 7.65. The van der Waals surface area contributed by atoms with E-state index in [1.54, 1.807) is 31.4 Å². The molecule has 8 rings (SSSR count). The van der Waals surface area contributed by atoms with Gasteiger partial charge >= 0.3 is 0 Å². The molecule has 4 aliphatic rings. The fraction of sp³-hybridized carbons (Fsp3) is 0.385. The van der Waals surface area contributed by atoms with Crippen molar-refractivity contribution >= 4 is 75.1 Å². The lowest BCUT2D eigenvalue weighted by molar-refractivity contribution is -0.136. The first-order chi connectivity index (χ1) is 27.4. The molecule has 2 aromatic heterocycles. The molecule has 6 heterocycles. The number of nitrogens with one attached hydrogen (secondary N) is 2. The highest BCUT2D eigenvalue weighted by atomic mass is 35.5. The normalized spacial score (nSPS) is 18.9. The minimum atomic E-state index is -0.991. The molecular formula is C39H40ClN9O8. The van der Waals surface area contributed by atoms with Crippen molar-refractivity contribution in [3.8, 4) is 5.75 Å². The maximum atomic E-state index is 13.3. The third-order valence-corrected chi connectivity index (χ3v) is 10.9. The summed E-state index contributed by atoms with van der Waals surface area (Å²) < 4.78 is 13.1. The number of imide groups is 2. The molecule has 0 saturated carbocycles. The molecule has 296 valence electrons. The van der Waals surface area contributed by atoms with Gasteiger partial charge in [0.25, 0.3) is 17.4 Å². The number of Topliss-reactive ketones (excluding diaryl/α,β-unsaturated/α-hetero) is 1. The number of rotatable bonds is 12. The zero-order chi connectivity index (χ0) is 40.0. The number of halogens is 1. The Hall–Kier alpha value is -5.91. The van der Waals surface area contributed by atoms with Crippen LogP contribution < -0.4 is 30.7 Å². The van der Waals surface area contributed by atoms with Crippen molar-refractivity contribution in [2.45, 2.75) is 31.9 Å². The highest BCUT2D eigenvalue weighted by Crippen LogP contribution is 2.32. The van der Waals surface area contributed by atoms with E-state index in [1.165, 1.54) is 11.5 Å². The van der Waals surface area contributed by atoms with Crippen LogP contribution in [-0.4, -0.2) is 125 Å². The van der Waals surface area contributed by atoms with Crippen LogP contribution in [0.2, 0.25) is 5.02 Å². The van der Waals surface area contributed by atoms with Crippen LogP contribution in [0, 0.1) is 0 Å². The number of carbonyl (C=O) groups is 5. The van der Waals surface area contributed by atoms with Crippen molar-refractivity contribution in [1.29, 1.82) is 0 Å². The Labute approximate surface area is 331 Å². The van der Waals surface area contributed by atoms with Crippen LogP contribution in [0.15, 0.2) is 53.5 Å². The number of hydrogen-bond donors (Lipinski definition) is 2. The lowest BCUT2D eigenvalue weighted by atomic mass is 10.0. The van der Waals surface area contributed by atoms with E-state index >= 15 is 0 Å². The lowest BCUT2D eigenvalue weighted by Crippen LogP contribution is -2.54. The van der Waals surface area contributed by atoms with Gasteiger partial charge in [-0.05, 0) is 55.8 Å². The summed E-state index contributed by atoms with van der Waals surface area (Å²) >= 11 is 6.48. The van der Waals surface area contributed by atoms with E-state index in [-0.39, 0.29) is 53.8 Å². The van der Waals surface area contributed by atoms with Crippen LogP contribution in [0.3, 0.4) is 0 Å². The van der Waals surface area contributed by atoms with Gasteiger partial charge in [-0.2, -0.15) is 4.98 Å². The number of nitrogens with zero attached hydrogens (tertiary/aromatic N) is 7. The average Bonchev–Trinajstić information content (AvgIpc) is 3.42. The average molecular weight is 798 g/mol. The number of aromatic nitrogens is 3. The molecule has 4 aliphatic heterocycles. The van der Waals surface area contributed by atoms with Crippen molar-refractivity contribution < 1.29 is 33.4 Å². The molecule has 4 amide bonds. The second-order valence-corrected chi connectivity index (χ2v) is 14.9. The molecule has 3 fully saturated rings. The number of piperazine rings is 1. The van der Waals surface area contributed by atoms with Crippen LogP contribution in [0.5, 0.6) is 5.75 Å². The van der Waals surface area contributed by atoms with Crippen LogP contribution in [0.25, 0.3) is 10.9 Å². The van der Waals surface area contributed by atoms with Gasteiger partial charge in [0.2, 0.25) is 17.8 Å².